The first kappa shape index (κ1) is 19.4. The number of aryl methyl sites for hydroxylation is 1. The Bertz CT molecular complexity index is 990. The average molecular weight is 389 g/mol. The lowest BCUT2D eigenvalue weighted by molar-refractivity contribution is -0.122. The summed E-state index contributed by atoms with van der Waals surface area (Å²) >= 11 is 0. The van der Waals surface area contributed by atoms with Crippen LogP contribution in [0.1, 0.15) is 48.3 Å². The van der Waals surface area contributed by atoms with Crippen molar-refractivity contribution in [1.82, 2.24) is 14.9 Å². The molecule has 1 heterocycles. The van der Waals surface area contributed by atoms with Crippen LogP contribution in [-0.2, 0) is 17.8 Å². The van der Waals surface area contributed by atoms with E-state index in [1.54, 1.807) is 0 Å². The Morgan fingerprint density at radius 2 is 1.72 bits per heavy atom. The smallest absolute Gasteiger partial charge is 0.223 e. The molecule has 0 spiro atoms. The molecule has 0 unspecified atom stereocenters. The molecule has 1 N–H and O–H groups in total. The summed E-state index contributed by atoms with van der Waals surface area (Å²) in [4.78, 5) is 29.2. The monoisotopic (exact) mass is 389 g/mol. The molecule has 5 nitrogen and oxygen atoms in total. The molecule has 0 radical (unpaired) electrons. The van der Waals surface area contributed by atoms with Gasteiger partial charge in [-0.25, -0.2) is 4.98 Å². The van der Waals surface area contributed by atoms with E-state index in [1.807, 2.05) is 54.6 Å². The van der Waals surface area contributed by atoms with Gasteiger partial charge in [0.15, 0.2) is 5.78 Å². The van der Waals surface area contributed by atoms with Gasteiger partial charge in [0.2, 0.25) is 5.91 Å². The Morgan fingerprint density at radius 3 is 2.52 bits per heavy atom. The average Bonchev–Trinajstić information content (AvgIpc) is 3.55. The minimum atomic E-state index is 0.0952. The van der Waals surface area contributed by atoms with E-state index in [0.717, 1.165) is 67.5 Å². The third-order valence-corrected chi connectivity index (χ3v) is 5.46. The summed E-state index contributed by atoms with van der Waals surface area (Å²) in [5.74, 6) is 1.54. The van der Waals surface area contributed by atoms with Crippen LogP contribution in [0.2, 0.25) is 0 Å². The van der Waals surface area contributed by atoms with Crippen LogP contribution in [0.3, 0.4) is 0 Å². The summed E-state index contributed by atoms with van der Waals surface area (Å²) in [6, 6.07) is 17.4. The molecule has 1 aliphatic carbocycles. The van der Waals surface area contributed by atoms with Crippen LogP contribution in [0.4, 0.5) is 0 Å². The van der Waals surface area contributed by atoms with Gasteiger partial charge in [0.1, 0.15) is 5.82 Å². The van der Waals surface area contributed by atoms with Crippen molar-refractivity contribution >= 4 is 22.7 Å². The maximum absolute atomic E-state index is 12.8. The number of nitrogens with zero attached hydrogens (tertiary/aromatic N) is 2. The Kier molecular flexibility index (Phi) is 6.03. The standard InChI is InChI=1S/C24H27N3O2/c28-22(18-9-3-1-4-10-18)17-27-21-12-7-6-11-20(21)26-23(27)13-5-2-8-16-25-24(29)19-14-15-19/h1,3-4,6-7,9-12,19H,2,5,8,13-17H2,(H,25,29). The summed E-state index contributed by atoms with van der Waals surface area (Å²) in [5.41, 5.74) is 2.66. The number of imidazole rings is 1. The van der Waals surface area contributed by atoms with Gasteiger partial charge in [0.05, 0.1) is 17.6 Å². The van der Waals surface area contributed by atoms with E-state index in [-0.39, 0.29) is 17.6 Å². The number of fused-ring (bicyclic) bond motifs is 1. The number of aromatic nitrogens is 2. The Morgan fingerprint density at radius 1 is 0.966 bits per heavy atom. The molecule has 1 aliphatic rings. The quantitative estimate of drug-likeness (QED) is 0.418. The van der Waals surface area contributed by atoms with Crippen molar-refractivity contribution in [3.05, 3.63) is 66.0 Å². The molecule has 29 heavy (non-hydrogen) atoms. The number of rotatable bonds is 10. The molecule has 4 rings (SSSR count). The number of ketones is 1. The summed E-state index contributed by atoms with van der Waals surface area (Å²) < 4.78 is 2.06. The molecule has 5 heteroatoms. The number of Topliss-reactive ketones (excluding diaryl/α,β-unsaturated/α-hetero) is 1. The second-order valence-corrected chi connectivity index (χ2v) is 7.77. The predicted molar refractivity (Wildman–Crippen MR) is 114 cm³/mol. The second kappa shape index (κ2) is 9.03. The van der Waals surface area contributed by atoms with Crippen LogP contribution >= 0.6 is 0 Å². The number of unbranched alkanes of at least 4 members (excludes halogenated alkanes) is 2. The van der Waals surface area contributed by atoms with E-state index >= 15 is 0 Å². The van der Waals surface area contributed by atoms with Crippen molar-refractivity contribution in [3.63, 3.8) is 0 Å². The molecule has 1 amide bonds. The fourth-order valence-electron chi connectivity index (χ4n) is 3.64. The summed E-state index contributed by atoms with van der Waals surface area (Å²) in [7, 11) is 0. The largest absolute Gasteiger partial charge is 0.356 e. The lowest BCUT2D eigenvalue weighted by Gasteiger charge is -2.09. The third-order valence-electron chi connectivity index (χ3n) is 5.46. The van der Waals surface area contributed by atoms with Gasteiger partial charge in [-0.3, -0.25) is 9.59 Å². The fraction of sp³-hybridized carbons (Fsp3) is 0.375. The van der Waals surface area contributed by atoms with Crippen molar-refractivity contribution in [1.29, 1.82) is 0 Å². The molecule has 0 atom stereocenters. The van der Waals surface area contributed by atoms with Gasteiger partial charge in [0.25, 0.3) is 0 Å². The topological polar surface area (TPSA) is 64.0 Å². The van der Waals surface area contributed by atoms with Crippen molar-refractivity contribution < 1.29 is 9.59 Å². The van der Waals surface area contributed by atoms with Crippen molar-refractivity contribution in [2.24, 2.45) is 5.92 Å². The molecule has 150 valence electrons. The molecule has 0 saturated heterocycles. The number of para-hydroxylation sites is 2. The molecular formula is C24H27N3O2. The van der Waals surface area contributed by atoms with Crippen LogP contribution in [0.15, 0.2) is 54.6 Å². The minimum Gasteiger partial charge on any atom is -0.356 e. The van der Waals surface area contributed by atoms with Crippen LogP contribution in [-0.4, -0.2) is 27.8 Å². The van der Waals surface area contributed by atoms with E-state index < -0.39 is 0 Å². The van der Waals surface area contributed by atoms with Gasteiger partial charge >= 0.3 is 0 Å². The molecule has 0 aliphatic heterocycles. The highest BCUT2D eigenvalue weighted by Crippen LogP contribution is 2.28. The first-order valence-corrected chi connectivity index (χ1v) is 10.5. The van der Waals surface area contributed by atoms with Crippen molar-refractivity contribution in [2.45, 2.75) is 45.1 Å². The zero-order valence-corrected chi connectivity index (χ0v) is 16.6. The highest BCUT2D eigenvalue weighted by molar-refractivity contribution is 5.96. The fourth-order valence-corrected chi connectivity index (χ4v) is 3.64. The lowest BCUT2D eigenvalue weighted by Crippen LogP contribution is -2.25. The van der Waals surface area contributed by atoms with Gasteiger partial charge in [-0.1, -0.05) is 48.9 Å². The van der Waals surface area contributed by atoms with E-state index in [4.69, 9.17) is 4.98 Å². The molecule has 1 saturated carbocycles. The first-order chi connectivity index (χ1) is 14.2. The number of carbonyl (C=O) groups is 2. The summed E-state index contributed by atoms with van der Waals surface area (Å²) in [5, 5.41) is 3.02. The highest BCUT2D eigenvalue weighted by Gasteiger charge is 2.28. The highest BCUT2D eigenvalue weighted by atomic mass is 16.2. The number of hydrogen-bond acceptors (Lipinski definition) is 3. The van der Waals surface area contributed by atoms with Gasteiger partial charge in [-0.05, 0) is 37.8 Å². The SMILES string of the molecule is O=C(Cn1c(CCCCCNC(=O)C2CC2)nc2ccccc21)c1ccccc1. The van der Waals surface area contributed by atoms with E-state index in [0.29, 0.717) is 6.54 Å². The van der Waals surface area contributed by atoms with Crippen molar-refractivity contribution in [3.8, 4) is 0 Å². The Balaban J connectivity index is 1.37. The third kappa shape index (κ3) is 4.91. The zero-order chi connectivity index (χ0) is 20.1. The summed E-state index contributed by atoms with van der Waals surface area (Å²) in [6.45, 7) is 1.05. The number of carbonyl (C=O) groups excluding carboxylic acids is 2. The summed E-state index contributed by atoms with van der Waals surface area (Å²) in [6.07, 6.45) is 5.91. The molecule has 1 fully saturated rings. The first-order valence-electron chi connectivity index (χ1n) is 10.5. The maximum Gasteiger partial charge on any atom is 0.223 e. The number of nitrogens with one attached hydrogen (secondary N) is 1. The van der Waals surface area contributed by atoms with Crippen LogP contribution in [0.5, 0.6) is 0 Å². The van der Waals surface area contributed by atoms with Crippen LogP contribution < -0.4 is 5.32 Å². The second-order valence-electron chi connectivity index (χ2n) is 7.77. The van der Waals surface area contributed by atoms with Crippen LogP contribution in [0, 0.1) is 5.92 Å². The molecular weight excluding hydrogens is 362 g/mol. The molecule has 3 aromatic rings. The number of hydrogen-bond donors (Lipinski definition) is 1. The minimum absolute atomic E-state index is 0.0952. The lowest BCUT2D eigenvalue weighted by atomic mass is 10.1. The maximum atomic E-state index is 12.8. The van der Waals surface area contributed by atoms with Crippen molar-refractivity contribution in [2.75, 3.05) is 6.54 Å². The van der Waals surface area contributed by atoms with E-state index in [1.165, 1.54) is 0 Å². The van der Waals surface area contributed by atoms with Gasteiger partial charge in [-0.15, -0.1) is 0 Å². The van der Waals surface area contributed by atoms with Gasteiger partial charge in [-0.2, -0.15) is 0 Å². The number of benzene rings is 2. The molecule has 0 bridgehead atoms. The predicted octanol–water partition coefficient (Wildman–Crippen LogP) is 4.16. The van der Waals surface area contributed by atoms with Gasteiger partial charge in [0, 0.05) is 24.4 Å². The van der Waals surface area contributed by atoms with E-state index in [2.05, 4.69) is 9.88 Å². The number of amides is 1. The van der Waals surface area contributed by atoms with Gasteiger partial charge < -0.3 is 9.88 Å². The Labute approximate surface area is 171 Å². The molecule has 2 aromatic carbocycles. The zero-order valence-electron chi connectivity index (χ0n) is 16.6. The Hall–Kier alpha value is -2.95. The van der Waals surface area contributed by atoms with E-state index in [9.17, 15) is 9.59 Å². The van der Waals surface area contributed by atoms with Crippen LogP contribution in [0.25, 0.3) is 11.0 Å². The molecule has 1 aromatic heterocycles. The normalized spacial score (nSPS) is 13.5.